The summed E-state index contributed by atoms with van der Waals surface area (Å²) in [5.41, 5.74) is 0. The Bertz CT molecular complexity index is 149. The summed E-state index contributed by atoms with van der Waals surface area (Å²) in [4.78, 5) is -0.240. The van der Waals surface area contributed by atoms with Gasteiger partial charge in [-0.1, -0.05) is 19.1 Å². The van der Waals surface area contributed by atoms with Crippen molar-refractivity contribution in [2.75, 3.05) is 0 Å². The minimum Gasteiger partial charge on any atom is -0.118 e. The SMILES string of the molecule is CC1C=CC(Cl)C(C)(Cl)C1. The Hall–Kier alpha value is 0.320. The molecule has 0 fully saturated rings. The summed E-state index contributed by atoms with van der Waals surface area (Å²) in [6, 6.07) is 0. The molecule has 0 nitrogen and oxygen atoms in total. The van der Waals surface area contributed by atoms with Gasteiger partial charge in [0, 0.05) is 0 Å². The van der Waals surface area contributed by atoms with E-state index in [1.165, 1.54) is 0 Å². The van der Waals surface area contributed by atoms with Crippen molar-refractivity contribution in [2.45, 2.75) is 30.5 Å². The second-order valence-electron chi connectivity index (χ2n) is 3.25. The molecule has 0 aromatic heterocycles. The van der Waals surface area contributed by atoms with Crippen LogP contribution in [0.4, 0.5) is 0 Å². The van der Waals surface area contributed by atoms with E-state index in [2.05, 4.69) is 13.0 Å². The molecule has 0 N–H and O–H groups in total. The molecule has 58 valence electrons. The van der Waals surface area contributed by atoms with Crippen LogP contribution in [0.25, 0.3) is 0 Å². The molecule has 10 heavy (non-hydrogen) atoms. The largest absolute Gasteiger partial charge is 0.118 e. The van der Waals surface area contributed by atoms with E-state index in [0.717, 1.165) is 6.42 Å². The van der Waals surface area contributed by atoms with Crippen molar-refractivity contribution in [2.24, 2.45) is 5.92 Å². The normalized spacial score (nSPS) is 47.6. The van der Waals surface area contributed by atoms with Crippen molar-refractivity contribution in [3.63, 3.8) is 0 Å². The van der Waals surface area contributed by atoms with Crippen molar-refractivity contribution >= 4 is 23.2 Å². The van der Waals surface area contributed by atoms with Gasteiger partial charge in [0.1, 0.15) is 0 Å². The van der Waals surface area contributed by atoms with Crippen LogP contribution in [0, 0.1) is 5.92 Å². The highest BCUT2D eigenvalue weighted by molar-refractivity contribution is 6.33. The van der Waals surface area contributed by atoms with Crippen molar-refractivity contribution in [3.8, 4) is 0 Å². The van der Waals surface area contributed by atoms with Crippen LogP contribution in [0.15, 0.2) is 12.2 Å². The standard InChI is InChI=1S/C8H12Cl2/c1-6-3-4-7(9)8(2,10)5-6/h3-4,6-7H,5H2,1-2H3. The maximum Gasteiger partial charge on any atom is 0.0705 e. The number of rotatable bonds is 0. The molecular formula is C8H12Cl2. The Balaban J connectivity index is 2.72. The van der Waals surface area contributed by atoms with E-state index in [-0.39, 0.29) is 10.3 Å². The summed E-state index contributed by atoms with van der Waals surface area (Å²) in [6.07, 6.45) is 5.09. The molecule has 3 unspecified atom stereocenters. The smallest absolute Gasteiger partial charge is 0.0705 e. The number of alkyl halides is 2. The number of hydrogen-bond donors (Lipinski definition) is 0. The Morgan fingerprint density at radius 2 is 2.10 bits per heavy atom. The highest BCUT2D eigenvalue weighted by Crippen LogP contribution is 2.35. The molecule has 0 saturated heterocycles. The lowest BCUT2D eigenvalue weighted by Crippen LogP contribution is -2.32. The zero-order valence-electron chi connectivity index (χ0n) is 6.27. The summed E-state index contributed by atoms with van der Waals surface area (Å²) < 4.78 is 0. The predicted molar refractivity (Wildman–Crippen MR) is 46.8 cm³/mol. The quantitative estimate of drug-likeness (QED) is 0.395. The van der Waals surface area contributed by atoms with Gasteiger partial charge in [-0.25, -0.2) is 0 Å². The first-order chi connectivity index (χ1) is 4.52. The zero-order chi connectivity index (χ0) is 7.78. The molecule has 3 atom stereocenters. The lowest BCUT2D eigenvalue weighted by atomic mass is 9.88. The number of halogens is 2. The van der Waals surface area contributed by atoms with Gasteiger partial charge in [0.15, 0.2) is 0 Å². The molecule has 0 spiro atoms. The molecule has 0 aliphatic heterocycles. The Morgan fingerprint density at radius 3 is 2.50 bits per heavy atom. The van der Waals surface area contributed by atoms with Gasteiger partial charge in [-0.15, -0.1) is 23.2 Å². The van der Waals surface area contributed by atoms with Gasteiger partial charge in [-0.3, -0.25) is 0 Å². The van der Waals surface area contributed by atoms with Crippen LogP contribution in [-0.4, -0.2) is 10.3 Å². The third-order valence-corrected chi connectivity index (χ3v) is 3.03. The Kier molecular flexibility index (Phi) is 2.31. The van der Waals surface area contributed by atoms with Gasteiger partial charge in [0.25, 0.3) is 0 Å². The maximum atomic E-state index is 6.13. The van der Waals surface area contributed by atoms with Gasteiger partial charge in [-0.05, 0) is 19.3 Å². The molecule has 0 heterocycles. The Morgan fingerprint density at radius 1 is 1.50 bits per heavy atom. The topological polar surface area (TPSA) is 0 Å². The third-order valence-electron chi connectivity index (χ3n) is 1.90. The van der Waals surface area contributed by atoms with Gasteiger partial charge in [0.05, 0.1) is 10.3 Å². The minimum atomic E-state index is -0.240. The molecule has 1 aliphatic rings. The summed E-state index contributed by atoms with van der Waals surface area (Å²) in [6.45, 7) is 4.14. The summed E-state index contributed by atoms with van der Waals surface area (Å²) in [5, 5.41) is -0.00892. The summed E-state index contributed by atoms with van der Waals surface area (Å²) >= 11 is 12.1. The van der Waals surface area contributed by atoms with Crippen LogP contribution in [0.2, 0.25) is 0 Å². The fourth-order valence-electron chi connectivity index (χ4n) is 1.30. The van der Waals surface area contributed by atoms with Crippen LogP contribution < -0.4 is 0 Å². The first-order valence-electron chi connectivity index (χ1n) is 3.54. The highest BCUT2D eigenvalue weighted by atomic mass is 35.5. The van der Waals surface area contributed by atoms with Gasteiger partial charge < -0.3 is 0 Å². The second kappa shape index (κ2) is 2.75. The average molecular weight is 179 g/mol. The molecule has 0 aromatic carbocycles. The van der Waals surface area contributed by atoms with Crippen LogP contribution in [0.5, 0.6) is 0 Å². The van der Waals surface area contributed by atoms with Gasteiger partial charge >= 0.3 is 0 Å². The molecule has 0 saturated carbocycles. The lowest BCUT2D eigenvalue weighted by molar-refractivity contribution is 0.485. The number of allylic oxidation sites excluding steroid dienone is 2. The maximum absolute atomic E-state index is 6.13. The molecular weight excluding hydrogens is 167 g/mol. The molecule has 0 radical (unpaired) electrons. The fourth-order valence-corrected chi connectivity index (χ4v) is 1.79. The molecule has 0 amide bonds. The second-order valence-corrected chi connectivity index (χ2v) is 4.58. The van der Waals surface area contributed by atoms with Crippen LogP contribution >= 0.6 is 23.2 Å². The molecule has 0 aromatic rings. The monoisotopic (exact) mass is 178 g/mol. The number of hydrogen-bond acceptors (Lipinski definition) is 0. The highest BCUT2D eigenvalue weighted by Gasteiger charge is 2.32. The van der Waals surface area contributed by atoms with E-state index in [1.54, 1.807) is 0 Å². The van der Waals surface area contributed by atoms with Crippen LogP contribution in [0.1, 0.15) is 20.3 Å². The molecule has 1 rings (SSSR count). The van der Waals surface area contributed by atoms with Gasteiger partial charge in [-0.2, -0.15) is 0 Å². The van der Waals surface area contributed by atoms with E-state index >= 15 is 0 Å². The van der Waals surface area contributed by atoms with E-state index in [4.69, 9.17) is 23.2 Å². The van der Waals surface area contributed by atoms with Gasteiger partial charge in [0.2, 0.25) is 0 Å². The van der Waals surface area contributed by atoms with Crippen molar-refractivity contribution in [1.29, 1.82) is 0 Å². The predicted octanol–water partition coefficient (Wildman–Crippen LogP) is 3.19. The average Bonchev–Trinajstić information content (AvgIpc) is 1.78. The van der Waals surface area contributed by atoms with E-state index in [1.807, 2.05) is 13.0 Å². The van der Waals surface area contributed by atoms with E-state index in [9.17, 15) is 0 Å². The molecule has 0 bridgehead atoms. The van der Waals surface area contributed by atoms with E-state index in [0.29, 0.717) is 5.92 Å². The zero-order valence-corrected chi connectivity index (χ0v) is 7.78. The molecule has 2 heteroatoms. The summed E-state index contributed by atoms with van der Waals surface area (Å²) in [7, 11) is 0. The van der Waals surface area contributed by atoms with Crippen LogP contribution in [0.3, 0.4) is 0 Å². The lowest BCUT2D eigenvalue weighted by Gasteiger charge is -2.31. The first-order valence-corrected chi connectivity index (χ1v) is 4.35. The summed E-state index contributed by atoms with van der Waals surface area (Å²) in [5.74, 6) is 0.567. The van der Waals surface area contributed by atoms with Crippen molar-refractivity contribution in [3.05, 3.63) is 12.2 Å². The van der Waals surface area contributed by atoms with Crippen LogP contribution in [-0.2, 0) is 0 Å². The van der Waals surface area contributed by atoms with Crippen molar-refractivity contribution < 1.29 is 0 Å². The molecule has 1 aliphatic carbocycles. The minimum absolute atomic E-state index is 0.00892. The third kappa shape index (κ3) is 1.67. The van der Waals surface area contributed by atoms with E-state index < -0.39 is 0 Å². The first kappa shape index (κ1) is 8.42. The van der Waals surface area contributed by atoms with Crippen molar-refractivity contribution in [1.82, 2.24) is 0 Å². The Labute approximate surface area is 72.2 Å². The fraction of sp³-hybridized carbons (Fsp3) is 0.750.